The van der Waals surface area contributed by atoms with Crippen molar-refractivity contribution in [2.45, 2.75) is 142 Å². The molecule has 1 spiro atoms. The normalized spacial score (nSPS) is 52.0. The van der Waals surface area contributed by atoms with E-state index in [9.17, 15) is 25.5 Å². The summed E-state index contributed by atoms with van der Waals surface area (Å²) in [5, 5.41) is 51.8. The molecule has 5 fully saturated rings. The first-order chi connectivity index (χ1) is 20.6. The zero-order valence-electron chi connectivity index (χ0n) is 27.9. The number of ether oxygens (including phenoxy) is 3. The standard InChI is InChI=1S/C36H58O8/c1-20(2)16-22(38)17-21(3)23-10-12-34(7)25-11-13-36-26(35(25,19-42-36)15-14-33(23,34)6)8-9-27(32(36,4)5)44-31-30(41)29(40)28(39)24(18-37)43-31/h11,13,16,21-31,37-41H,8-10,12,14-15,17-19H2,1-7H3/t21-,22+,23-,24-,25+,26+,27+,28-,29-,30-,31+,33-,34+,35+,36-/m1/s1. The summed E-state index contributed by atoms with van der Waals surface area (Å²) in [5.41, 5.74) is 0.614. The van der Waals surface area contributed by atoms with Gasteiger partial charge in [0.15, 0.2) is 6.29 Å². The van der Waals surface area contributed by atoms with Crippen LogP contribution in [0, 0.1) is 45.3 Å². The van der Waals surface area contributed by atoms with Gasteiger partial charge in [0.1, 0.15) is 24.4 Å². The molecule has 2 heterocycles. The lowest BCUT2D eigenvalue weighted by Crippen LogP contribution is -2.66. The van der Waals surface area contributed by atoms with Crippen molar-refractivity contribution in [3.63, 3.8) is 0 Å². The molecule has 6 aliphatic rings. The van der Waals surface area contributed by atoms with Crippen LogP contribution in [-0.4, -0.2) is 87.3 Å². The highest BCUT2D eigenvalue weighted by Crippen LogP contribution is 2.77. The molecule has 0 aromatic rings. The minimum absolute atomic E-state index is 0.0636. The topological polar surface area (TPSA) is 129 Å². The van der Waals surface area contributed by atoms with Crippen molar-refractivity contribution in [1.29, 1.82) is 0 Å². The molecule has 44 heavy (non-hydrogen) atoms. The molecule has 0 aromatic carbocycles. The largest absolute Gasteiger partial charge is 0.394 e. The number of hydrogen-bond acceptors (Lipinski definition) is 8. The van der Waals surface area contributed by atoms with E-state index in [-0.39, 0.29) is 28.5 Å². The molecule has 0 aromatic heterocycles. The van der Waals surface area contributed by atoms with Gasteiger partial charge in [-0.1, -0.05) is 58.4 Å². The Bertz CT molecular complexity index is 1150. The Morgan fingerprint density at radius 2 is 1.70 bits per heavy atom. The average molecular weight is 619 g/mol. The Morgan fingerprint density at radius 1 is 0.977 bits per heavy atom. The number of hydrogen-bond donors (Lipinski definition) is 5. The summed E-state index contributed by atoms with van der Waals surface area (Å²) in [4.78, 5) is 0. The van der Waals surface area contributed by atoms with Crippen LogP contribution in [0.15, 0.2) is 23.8 Å². The monoisotopic (exact) mass is 618 g/mol. The minimum atomic E-state index is -1.46. The molecule has 15 atom stereocenters. The fourth-order valence-corrected chi connectivity index (χ4v) is 11.8. The predicted molar refractivity (Wildman–Crippen MR) is 166 cm³/mol. The molecule has 8 nitrogen and oxygen atoms in total. The van der Waals surface area contributed by atoms with Crippen molar-refractivity contribution in [2.75, 3.05) is 13.2 Å². The van der Waals surface area contributed by atoms with Crippen molar-refractivity contribution in [3.8, 4) is 0 Å². The highest BCUT2D eigenvalue weighted by Gasteiger charge is 2.75. The van der Waals surface area contributed by atoms with Crippen LogP contribution in [0.2, 0.25) is 0 Å². The van der Waals surface area contributed by atoms with E-state index in [1.54, 1.807) is 0 Å². The first-order valence-electron chi connectivity index (χ1n) is 17.2. The van der Waals surface area contributed by atoms with Crippen molar-refractivity contribution < 1.29 is 39.7 Å². The number of fused-ring (bicyclic) bond motifs is 2. The van der Waals surface area contributed by atoms with Gasteiger partial charge in [-0.25, -0.2) is 0 Å². The number of aliphatic hydroxyl groups excluding tert-OH is 5. The predicted octanol–water partition coefficient (Wildman–Crippen LogP) is 4.12. The molecule has 0 amide bonds. The van der Waals surface area contributed by atoms with Crippen molar-refractivity contribution >= 4 is 0 Å². The van der Waals surface area contributed by atoms with E-state index >= 15 is 0 Å². The second-order valence-corrected chi connectivity index (χ2v) is 16.8. The van der Waals surface area contributed by atoms with Crippen LogP contribution in [0.3, 0.4) is 0 Å². The van der Waals surface area contributed by atoms with E-state index in [2.05, 4.69) is 60.6 Å². The Labute approximate surface area is 263 Å². The lowest BCUT2D eigenvalue weighted by Gasteiger charge is -2.65. The molecule has 5 N–H and O–H groups in total. The number of aliphatic hydroxyl groups is 5. The van der Waals surface area contributed by atoms with Crippen LogP contribution in [0.1, 0.15) is 93.4 Å². The fourth-order valence-electron chi connectivity index (χ4n) is 11.8. The summed E-state index contributed by atoms with van der Waals surface area (Å²) in [6.07, 6.45) is 6.95. The van der Waals surface area contributed by atoms with Gasteiger partial charge in [0.25, 0.3) is 0 Å². The van der Waals surface area contributed by atoms with Gasteiger partial charge in [0.2, 0.25) is 0 Å². The van der Waals surface area contributed by atoms with E-state index in [0.717, 1.165) is 32.3 Å². The molecule has 0 unspecified atom stereocenters. The van der Waals surface area contributed by atoms with Gasteiger partial charge in [0.05, 0.1) is 31.0 Å². The quantitative estimate of drug-likeness (QED) is 0.270. The molecule has 4 aliphatic carbocycles. The maximum atomic E-state index is 10.8. The zero-order valence-corrected chi connectivity index (χ0v) is 27.9. The van der Waals surface area contributed by atoms with E-state index < -0.39 is 48.3 Å². The lowest BCUT2D eigenvalue weighted by molar-refractivity contribution is -0.329. The van der Waals surface area contributed by atoms with Crippen LogP contribution in [0.5, 0.6) is 0 Å². The summed E-state index contributed by atoms with van der Waals surface area (Å²) >= 11 is 0. The van der Waals surface area contributed by atoms with Crippen LogP contribution in [0.4, 0.5) is 0 Å². The Morgan fingerprint density at radius 3 is 2.39 bits per heavy atom. The van der Waals surface area contributed by atoms with E-state index in [1.807, 2.05) is 6.08 Å². The second kappa shape index (κ2) is 11.1. The number of allylic oxidation sites excluding steroid dienone is 2. The molecule has 2 bridgehead atoms. The summed E-state index contributed by atoms with van der Waals surface area (Å²) in [6, 6.07) is 0. The van der Waals surface area contributed by atoms with Gasteiger partial charge in [-0.2, -0.15) is 0 Å². The average Bonchev–Trinajstić information content (AvgIpc) is 3.35. The highest BCUT2D eigenvalue weighted by atomic mass is 16.7. The van der Waals surface area contributed by atoms with Crippen LogP contribution < -0.4 is 0 Å². The Hall–Kier alpha value is -0.840. The Balaban J connectivity index is 1.26. The minimum Gasteiger partial charge on any atom is -0.394 e. The fraction of sp³-hybridized carbons (Fsp3) is 0.889. The third-order valence-electron chi connectivity index (χ3n) is 14.3. The molecule has 6 rings (SSSR count). The second-order valence-electron chi connectivity index (χ2n) is 16.8. The highest BCUT2D eigenvalue weighted by molar-refractivity contribution is 5.33. The third kappa shape index (κ3) is 4.45. The first-order valence-corrected chi connectivity index (χ1v) is 17.2. The maximum absolute atomic E-state index is 10.8. The molecule has 2 aliphatic heterocycles. The van der Waals surface area contributed by atoms with Gasteiger partial charge in [-0.3, -0.25) is 0 Å². The van der Waals surface area contributed by atoms with Gasteiger partial charge in [0, 0.05) is 16.7 Å². The molecular formula is C36H58O8. The van der Waals surface area contributed by atoms with Gasteiger partial charge in [-0.05, 0) is 87.4 Å². The van der Waals surface area contributed by atoms with Crippen LogP contribution in [0.25, 0.3) is 0 Å². The summed E-state index contributed by atoms with van der Waals surface area (Å²) in [6.45, 7) is 16.2. The van der Waals surface area contributed by atoms with Gasteiger partial charge in [-0.15, -0.1) is 0 Å². The SMILES string of the molecule is CC(C)=C[C@H](O)C[C@@H](C)[C@H]1CC[C@@]2(C)[C@@H]3C=C[C@@]45OC[C@]3(CC[C@]12C)[C@@H]4CC[C@H](O[C@@H]1O[C@H](CO)[C@@H](O)[C@@H](O)[C@H]1O)C5(C)C. The summed E-state index contributed by atoms with van der Waals surface area (Å²) < 4.78 is 19.2. The molecule has 0 radical (unpaired) electrons. The summed E-state index contributed by atoms with van der Waals surface area (Å²) in [5.74, 6) is 1.80. The maximum Gasteiger partial charge on any atom is 0.186 e. The van der Waals surface area contributed by atoms with E-state index in [4.69, 9.17) is 14.2 Å². The molecule has 8 heteroatoms. The van der Waals surface area contributed by atoms with Crippen LogP contribution in [-0.2, 0) is 14.2 Å². The van der Waals surface area contributed by atoms with E-state index in [0.29, 0.717) is 23.7 Å². The third-order valence-corrected chi connectivity index (χ3v) is 14.3. The number of rotatable bonds is 7. The summed E-state index contributed by atoms with van der Waals surface area (Å²) in [7, 11) is 0. The van der Waals surface area contributed by atoms with Crippen molar-refractivity contribution in [3.05, 3.63) is 23.8 Å². The first kappa shape index (κ1) is 33.1. The van der Waals surface area contributed by atoms with Gasteiger partial charge >= 0.3 is 0 Å². The smallest absolute Gasteiger partial charge is 0.186 e. The van der Waals surface area contributed by atoms with Crippen LogP contribution >= 0.6 is 0 Å². The molecule has 3 saturated carbocycles. The zero-order chi connectivity index (χ0) is 32.0. The Kier molecular flexibility index (Phi) is 8.36. The lowest BCUT2D eigenvalue weighted by atomic mass is 9.38. The van der Waals surface area contributed by atoms with Gasteiger partial charge < -0.3 is 39.7 Å². The molecule has 2 saturated heterocycles. The van der Waals surface area contributed by atoms with E-state index in [1.165, 1.54) is 24.8 Å². The van der Waals surface area contributed by atoms with Crippen molar-refractivity contribution in [2.24, 2.45) is 45.3 Å². The molecular weight excluding hydrogens is 560 g/mol. The molecule has 250 valence electrons. The van der Waals surface area contributed by atoms with Crippen molar-refractivity contribution in [1.82, 2.24) is 0 Å².